The molecule has 0 aliphatic heterocycles. The van der Waals surface area contributed by atoms with E-state index in [1.54, 1.807) is 12.1 Å². The van der Waals surface area contributed by atoms with Crippen molar-refractivity contribution >= 4 is 28.9 Å². The number of aromatic nitrogens is 1. The summed E-state index contributed by atoms with van der Waals surface area (Å²) in [6.45, 7) is 0. The standard InChI is InChI=1S/C11H7Cl2FN2/c12-6-1-2-8(9(13)3-6)11-10(14)4-7(15)5-16-11/h1-5H,15H2. The van der Waals surface area contributed by atoms with Gasteiger partial charge in [-0.1, -0.05) is 23.2 Å². The molecule has 0 spiro atoms. The van der Waals surface area contributed by atoms with Crippen molar-refractivity contribution in [1.82, 2.24) is 4.98 Å². The first-order chi connectivity index (χ1) is 7.58. The first-order valence-corrected chi connectivity index (χ1v) is 5.20. The molecule has 2 N–H and O–H groups in total. The summed E-state index contributed by atoms with van der Waals surface area (Å²) in [4.78, 5) is 3.91. The minimum Gasteiger partial charge on any atom is -0.397 e. The molecule has 0 unspecified atom stereocenters. The van der Waals surface area contributed by atoms with Gasteiger partial charge < -0.3 is 5.73 Å². The SMILES string of the molecule is Nc1cnc(-c2ccc(Cl)cc2Cl)c(F)c1. The molecule has 16 heavy (non-hydrogen) atoms. The topological polar surface area (TPSA) is 38.9 Å². The molecule has 1 aromatic heterocycles. The third-order valence-electron chi connectivity index (χ3n) is 2.05. The number of hydrogen-bond acceptors (Lipinski definition) is 2. The van der Waals surface area contributed by atoms with Crippen LogP contribution in [0.5, 0.6) is 0 Å². The number of halogens is 3. The number of anilines is 1. The molecule has 1 heterocycles. The van der Waals surface area contributed by atoms with E-state index in [-0.39, 0.29) is 11.4 Å². The summed E-state index contributed by atoms with van der Waals surface area (Å²) >= 11 is 11.7. The van der Waals surface area contributed by atoms with Crippen molar-refractivity contribution < 1.29 is 4.39 Å². The number of nitrogen functional groups attached to an aromatic ring is 1. The van der Waals surface area contributed by atoms with Gasteiger partial charge in [0.25, 0.3) is 0 Å². The molecule has 0 amide bonds. The number of benzene rings is 1. The van der Waals surface area contributed by atoms with Crippen LogP contribution in [-0.2, 0) is 0 Å². The van der Waals surface area contributed by atoms with Gasteiger partial charge in [0.1, 0.15) is 5.69 Å². The third-order valence-corrected chi connectivity index (χ3v) is 2.60. The molecule has 0 aliphatic carbocycles. The summed E-state index contributed by atoms with van der Waals surface area (Å²) in [5.74, 6) is -0.510. The van der Waals surface area contributed by atoms with Gasteiger partial charge in [-0.15, -0.1) is 0 Å². The van der Waals surface area contributed by atoms with E-state index in [0.29, 0.717) is 15.6 Å². The average molecular weight is 257 g/mol. The molecule has 2 rings (SSSR count). The molecule has 0 aliphatic rings. The monoisotopic (exact) mass is 256 g/mol. The zero-order chi connectivity index (χ0) is 11.7. The molecule has 0 saturated carbocycles. The number of nitrogens with zero attached hydrogens (tertiary/aromatic N) is 1. The lowest BCUT2D eigenvalue weighted by atomic mass is 10.1. The zero-order valence-electron chi connectivity index (χ0n) is 8.05. The highest BCUT2D eigenvalue weighted by Gasteiger charge is 2.10. The second-order valence-electron chi connectivity index (χ2n) is 3.22. The van der Waals surface area contributed by atoms with E-state index >= 15 is 0 Å². The maximum Gasteiger partial charge on any atom is 0.151 e. The molecule has 5 heteroatoms. The van der Waals surface area contributed by atoms with Crippen molar-refractivity contribution in [3.63, 3.8) is 0 Å². The lowest BCUT2D eigenvalue weighted by molar-refractivity contribution is 0.626. The summed E-state index contributed by atoms with van der Waals surface area (Å²) < 4.78 is 13.6. The van der Waals surface area contributed by atoms with E-state index in [2.05, 4.69) is 4.98 Å². The molecule has 1 aromatic carbocycles. The van der Waals surface area contributed by atoms with Gasteiger partial charge in [-0.2, -0.15) is 0 Å². The smallest absolute Gasteiger partial charge is 0.151 e. The first-order valence-electron chi connectivity index (χ1n) is 4.44. The molecular weight excluding hydrogens is 250 g/mol. The van der Waals surface area contributed by atoms with Crippen molar-refractivity contribution in [3.8, 4) is 11.3 Å². The van der Waals surface area contributed by atoms with Gasteiger partial charge in [-0.3, -0.25) is 4.98 Å². The quantitative estimate of drug-likeness (QED) is 0.844. The Morgan fingerprint density at radius 2 is 1.94 bits per heavy atom. The van der Waals surface area contributed by atoms with Crippen molar-refractivity contribution in [2.24, 2.45) is 0 Å². The molecule has 0 atom stereocenters. The summed E-state index contributed by atoms with van der Waals surface area (Å²) in [6.07, 6.45) is 1.38. The maximum absolute atomic E-state index is 13.6. The number of hydrogen-bond donors (Lipinski definition) is 1. The predicted molar refractivity (Wildman–Crippen MR) is 64.1 cm³/mol. The summed E-state index contributed by atoms with van der Waals surface area (Å²) in [5.41, 5.74) is 6.33. The number of nitrogens with two attached hydrogens (primary N) is 1. The summed E-state index contributed by atoms with van der Waals surface area (Å²) in [6, 6.07) is 5.98. The van der Waals surface area contributed by atoms with Crippen LogP contribution in [0.4, 0.5) is 10.1 Å². The molecule has 2 aromatic rings. The van der Waals surface area contributed by atoms with Crippen LogP contribution in [0.2, 0.25) is 10.0 Å². The van der Waals surface area contributed by atoms with Crippen LogP contribution in [0.15, 0.2) is 30.5 Å². The molecule has 82 valence electrons. The number of pyridine rings is 1. The molecule has 2 nitrogen and oxygen atoms in total. The Labute approximate surface area is 102 Å². The fourth-order valence-corrected chi connectivity index (χ4v) is 1.83. The van der Waals surface area contributed by atoms with E-state index in [4.69, 9.17) is 28.9 Å². The van der Waals surface area contributed by atoms with Crippen LogP contribution in [-0.4, -0.2) is 4.98 Å². The fourth-order valence-electron chi connectivity index (χ4n) is 1.33. The van der Waals surface area contributed by atoms with Gasteiger partial charge in [-0.25, -0.2) is 4.39 Å². The van der Waals surface area contributed by atoms with E-state index < -0.39 is 5.82 Å². The Morgan fingerprint density at radius 1 is 1.19 bits per heavy atom. The van der Waals surface area contributed by atoms with Crippen molar-refractivity contribution in [3.05, 3.63) is 46.3 Å². The van der Waals surface area contributed by atoms with E-state index in [0.717, 1.165) is 0 Å². The van der Waals surface area contributed by atoms with Crippen LogP contribution in [0.1, 0.15) is 0 Å². The van der Waals surface area contributed by atoms with Gasteiger partial charge in [0.2, 0.25) is 0 Å². The minimum absolute atomic E-state index is 0.163. The summed E-state index contributed by atoms with van der Waals surface area (Å²) in [7, 11) is 0. The van der Waals surface area contributed by atoms with E-state index in [1.165, 1.54) is 18.3 Å². The Bertz CT molecular complexity index is 494. The Hall–Kier alpha value is -1.32. The van der Waals surface area contributed by atoms with Gasteiger partial charge in [-0.05, 0) is 18.2 Å². The third kappa shape index (κ3) is 2.10. The van der Waals surface area contributed by atoms with Crippen molar-refractivity contribution in [2.75, 3.05) is 5.73 Å². The molecular formula is C11H7Cl2FN2. The zero-order valence-corrected chi connectivity index (χ0v) is 9.56. The van der Waals surface area contributed by atoms with Gasteiger partial charge in [0.05, 0.1) is 16.9 Å². The van der Waals surface area contributed by atoms with Gasteiger partial charge in [0.15, 0.2) is 5.82 Å². The van der Waals surface area contributed by atoms with Crippen LogP contribution < -0.4 is 5.73 Å². The average Bonchev–Trinajstić information content (AvgIpc) is 2.19. The number of rotatable bonds is 1. The van der Waals surface area contributed by atoms with Crippen molar-refractivity contribution in [2.45, 2.75) is 0 Å². The first kappa shape index (κ1) is 11.2. The fraction of sp³-hybridized carbons (Fsp3) is 0. The Morgan fingerprint density at radius 3 is 2.56 bits per heavy atom. The van der Waals surface area contributed by atoms with Crippen LogP contribution in [0.25, 0.3) is 11.3 Å². The highest BCUT2D eigenvalue weighted by Crippen LogP contribution is 2.30. The summed E-state index contributed by atoms with van der Waals surface area (Å²) in [5, 5.41) is 0.841. The van der Waals surface area contributed by atoms with Gasteiger partial charge in [0, 0.05) is 16.7 Å². The lowest BCUT2D eigenvalue weighted by Gasteiger charge is -2.05. The van der Waals surface area contributed by atoms with Gasteiger partial charge >= 0.3 is 0 Å². The molecule has 0 fully saturated rings. The normalized spacial score (nSPS) is 10.4. The molecule has 0 saturated heterocycles. The second kappa shape index (κ2) is 4.28. The van der Waals surface area contributed by atoms with Crippen LogP contribution in [0, 0.1) is 5.82 Å². The minimum atomic E-state index is -0.510. The Balaban J connectivity index is 2.59. The van der Waals surface area contributed by atoms with Crippen LogP contribution >= 0.6 is 23.2 Å². The highest BCUT2D eigenvalue weighted by molar-refractivity contribution is 6.36. The second-order valence-corrected chi connectivity index (χ2v) is 4.07. The molecule has 0 bridgehead atoms. The largest absolute Gasteiger partial charge is 0.397 e. The predicted octanol–water partition coefficient (Wildman–Crippen LogP) is 3.78. The maximum atomic E-state index is 13.6. The van der Waals surface area contributed by atoms with Crippen LogP contribution in [0.3, 0.4) is 0 Å². The Kier molecular flexibility index (Phi) is 2.99. The molecule has 0 radical (unpaired) electrons. The highest BCUT2D eigenvalue weighted by atomic mass is 35.5. The van der Waals surface area contributed by atoms with E-state index in [9.17, 15) is 4.39 Å². The van der Waals surface area contributed by atoms with E-state index in [1.807, 2.05) is 0 Å². The lowest BCUT2D eigenvalue weighted by Crippen LogP contribution is -1.93. The van der Waals surface area contributed by atoms with Crippen molar-refractivity contribution in [1.29, 1.82) is 0 Å².